The Bertz CT molecular complexity index is 357. The van der Waals surface area contributed by atoms with Gasteiger partial charge in [0.25, 0.3) is 0 Å². The molecule has 1 heterocycles. The SMILES string of the molecule is CC(C)COCCn1ccc2c1CCCC2N. The zero-order chi connectivity index (χ0) is 12.3. The molecule has 1 aliphatic rings. The van der Waals surface area contributed by atoms with E-state index < -0.39 is 0 Å². The molecule has 0 aromatic carbocycles. The zero-order valence-corrected chi connectivity index (χ0v) is 11.0. The number of rotatable bonds is 5. The molecule has 0 fully saturated rings. The molecule has 17 heavy (non-hydrogen) atoms. The molecule has 1 aromatic rings. The topological polar surface area (TPSA) is 40.2 Å². The van der Waals surface area contributed by atoms with E-state index in [1.165, 1.54) is 24.1 Å². The fourth-order valence-corrected chi connectivity index (χ4v) is 2.48. The van der Waals surface area contributed by atoms with Gasteiger partial charge in [-0.2, -0.15) is 0 Å². The maximum Gasteiger partial charge on any atom is 0.0645 e. The van der Waals surface area contributed by atoms with Crippen LogP contribution in [0, 0.1) is 5.92 Å². The highest BCUT2D eigenvalue weighted by atomic mass is 16.5. The van der Waals surface area contributed by atoms with E-state index in [4.69, 9.17) is 10.5 Å². The van der Waals surface area contributed by atoms with E-state index in [0.29, 0.717) is 5.92 Å². The number of hydrogen-bond donors (Lipinski definition) is 1. The van der Waals surface area contributed by atoms with Crippen LogP contribution < -0.4 is 5.73 Å². The summed E-state index contributed by atoms with van der Waals surface area (Å²) in [7, 11) is 0. The van der Waals surface area contributed by atoms with Crippen LogP contribution in [-0.4, -0.2) is 17.8 Å². The molecule has 1 aliphatic carbocycles. The van der Waals surface area contributed by atoms with E-state index in [-0.39, 0.29) is 6.04 Å². The third-order valence-electron chi connectivity index (χ3n) is 3.37. The highest BCUT2D eigenvalue weighted by Gasteiger charge is 2.19. The van der Waals surface area contributed by atoms with E-state index in [0.717, 1.165) is 26.2 Å². The average Bonchev–Trinajstić information content (AvgIpc) is 2.69. The minimum Gasteiger partial charge on any atom is -0.379 e. The van der Waals surface area contributed by atoms with Crippen molar-refractivity contribution in [2.75, 3.05) is 13.2 Å². The second kappa shape index (κ2) is 5.69. The lowest BCUT2D eigenvalue weighted by atomic mass is 9.94. The van der Waals surface area contributed by atoms with Crippen LogP contribution in [0.2, 0.25) is 0 Å². The van der Waals surface area contributed by atoms with Gasteiger partial charge in [0.1, 0.15) is 0 Å². The lowest BCUT2D eigenvalue weighted by Crippen LogP contribution is -2.19. The molecule has 3 nitrogen and oxygen atoms in total. The van der Waals surface area contributed by atoms with Crippen LogP contribution in [0.1, 0.15) is 44.0 Å². The quantitative estimate of drug-likeness (QED) is 0.798. The Hall–Kier alpha value is -0.800. The molecule has 2 N–H and O–H groups in total. The van der Waals surface area contributed by atoms with Crippen LogP contribution in [0.5, 0.6) is 0 Å². The van der Waals surface area contributed by atoms with E-state index in [1.54, 1.807) is 0 Å². The van der Waals surface area contributed by atoms with Crippen molar-refractivity contribution in [1.29, 1.82) is 0 Å². The number of ether oxygens (including phenoxy) is 1. The van der Waals surface area contributed by atoms with Gasteiger partial charge >= 0.3 is 0 Å². The molecule has 2 rings (SSSR count). The van der Waals surface area contributed by atoms with E-state index in [9.17, 15) is 0 Å². The summed E-state index contributed by atoms with van der Waals surface area (Å²) >= 11 is 0. The molecule has 1 unspecified atom stereocenters. The van der Waals surface area contributed by atoms with Crippen LogP contribution in [-0.2, 0) is 17.7 Å². The van der Waals surface area contributed by atoms with Gasteiger partial charge in [0.2, 0.25) is 0 Å². The smallest absolute Gasteiger partial charge is 0.0645 e. The van der Waals surface area contributed by atoms with Gasteiger partial charge in [0.05, 0.1) is 6.61 Å². The summed E-state index contributed by atoms with van der Waals surface area (Å²) in [4.78, 5) is 0. The molecule has 0 radical (unpaired) electrons. The third-order valence-corrected chi connectivity index (χ3v) is 3.37. The molecule has 96 valence electrons. The Labute approximate surface area is 104 Å². The van der Waals surface area contributed by atoms with Crippen molar-refractivity contribution in [1.82, 2.24) is 4.57 Å². The molecule has 0 amide bonds. The van der Waals surface area contributed by atoms with Crippen molar-refractivity contribution < 1.29 is 4.74 Å². The molecule has 1 atom stereocenters. The molecular weight excluding hydrogens is 212 g/mol. The molecule has 1 aromatic heterocycles. The first-order valence-electron chi connectivity index (χ1n) is 6.69. The second-order valence-electron chi connectivity index (χ2n) is 5.38. The number of nitrogens with two attached hydrogens (primary N) is 1. The van der Waals surface area contributed by atoms with Crippen molar-refractivity contribution in [3.8, 4) is 0 Å². The summed E-state index contributed by atoms with van der Waals surface area (Å²) < 4.78 is 7.95. The van der Waals surface area contributed by atoms with E-state index >= 15 is 0 Å². The van der Waals surface area contributed by atoms with Gasteiger partial charge in [0, 0.05) is 31.1 Å². The molecule has 0 saturated heterocycles. The number of hydrogen-bond acceptors (Lipinski definition) is 2. The lowest BCUT2D eigenvalue weighted by Gasteiger charge is -2.21. The van der Waals surface area contributed by atoms with Crippen LogP contribution in [0.25, 0.3) is 0 Å². The van der Waals surface area contributed by atoms with Crippen molar-refractivity contribution in [3.63, 3.8) is 0 Å². The van der Waals surface area contributed by atoms with Gasteiger partial charge in [-0.15, -0.1) is 0 Å². The van der Waals surface area contributed by atoms with E-state index in [1.807, 2.05) is 0 Å². The predicted molar refractivity (Wildman–Crippen MR) is 70.0 cm³/mol. The maximum atomic E-state index is 6.11. The van der Waals surface area contributed by atoms with Crippen LogP contribution in [0.15, 0.2) is 12.3 Å². The minimum atomic E-state index is 0.247. The average molecular weight is 236 g/mol. The van der Waals surface area contributed by atoms with Crippen molar-refractivity contribution >= 4 is 0 Å². The Morgan fingerprint density at radius 2 is 2.35 bits per heavy atom. The van der Waals surface area contributed by atoms with Gasteiger partial charge in [-0.3, -0.25) is 0 Å². The number of aromatic nitrogens is 1. The first-order valence-corrected chi connectivity index (χ1v) is 6.69. The van der Waals surface area contributed by atoms with Gasteiger partial charge < -0.3 is 15.0 Å². The summed E-state index contributed by atoms with van der Waals surface area (Å²) in [6.45, 7) is 6.96. The highest BCUT2D eigenvalue weighted by molar-refractivity contribution is 5.28. The first kappa shape index (κ1) is 12.7. The molecular formula is C14H24N2O. The van der Waals surface area contributed by atoms with Crippen molar-refractivity contribution in [3.05, 3.63) is 23.5 Å². The Morgan fingerprint density at radius 3 is 3.12 bits per heavy atom. The molecule has 0 bridgehead atoms. The summed E-state index contributed by atoms with van der Waals surface area (Å²) in [6, 6.07) is 2.43. The number of fused-ring (bicyclic) bond motifs is 1. The Balaban J connectivity index is 1.89. The van der Waals surface area contributed by atoms with Gasteiger partial charge in [-0.1, -0.05) is 13.8 Å². The summed E-state index contributed by atoms with van der Waals surface area (Å²) in [5, 5.41) is 0. The predicted octanol–water partition coefficient (Wildman–Crippen LogP) is 2.50. The van der Waals surface area contributed by atoms with Gasteiger partial charge in [0.15, 0.2) is 0 Å². The summed E-state index contributed by atoms with van der Waals surface area (Å²) in [6.07, 6.45) is 5.67. The normalized spacial score (nSPS) is 19.6. The summed E-state index contributed by atoms with van der Waals surface area (Å²) in [5.74, 6) is 0.613. The molecule has 0 saturated carbocycles. The highest BCUT2D eigenvalue weighted by Crippen LogP contribution is 2.28. The monoisotopic (exact) mass is 236 g/mol. The first-order chi connectivity index (χ1) is 8.18. The Kier molecular flexibility index (Phi) is 4.24. The largest absolute Gasteiger partial charge is 0.379 e. The van der Waals surface area contributed by atoms with Crippen molar-refractivity contribution in [2.45, 2.75) is 45.7 Å². The number of nitrogens with zero attached hydrogens (tertiary/aromatic N) is 1. The lowest BCUT2D eigenvalue weighted by molar-refractivity contribution is 0.102. The van der Waals surface area contributed by atoms with Crippen molar-refractivity contribution in [2.24, 2.45) is 11.7 Å². The van der Waals surface area contributed by atoms with Crippen LogP contribution in [0.4, 0.5) is 0 Å². The molecule has 0 aliphatic heterocycles. The van der Waals surface area contributed by atoms with Gasteiger partial charge in [-0.05, 0) is 36.8 Å². The Morgan fingerprint density at radius 1 is 1.53 bits per heavy atom. The zero-order valence-electron chi connectivity index (χ0n) is 11.0. The molecule has 0 spiro atoms. The fraction of sp³-hybridized carbons (Fsp3) is 0.714. The standard InChI is InChI=1S/C14H24N2O/c1-11(2)10-17-9-8-16-7-6-12-13(15)4-3-5-14(12)16/h6-7,11,13H,3-5,8-10,15H2,1-2H3. The van der Waals surface area contributed by atoms with Crippen LogP contribution in [0.3, 0.4) is 0 Å². The fourth-order valence-electron chi connectivity index (χ4n) is 2.48. The minimum absolute atomic E-state index is 0.247. The third kappa shape index (κ3) is 3.11. The summed E-state index contributed by atoms with van der Waals surface area (Å²) in [5.41, 5.74) is 8.88. The second-order valence-corrected chi connectivity index (χ2v) is 5.38. The van der Waals surface area contributed by atoms with Gasteiger partial charge in [-0.25, -0.2) is 0 Å². The van der Waals surface area contributed by atoms with Crippen LogP contribution >= 0.6 is 0 Å². The maximum absolute atomic E-state index is 6.11. The molecule has 3 heteroatoms. The van der Waals surface area contributed by atoms with E-state index in [2.05, 4.69) is 30.7 Å².